The molecule has 2 aliphatic heterocycles. The summed E-state index contributed by atoms with van der Waals surface area (Å²) in [5.41, 5.74) is -0.748. The summed E-state index contributed by atoms with van der Waals surface area (Å²) < 4.78 is 53.3. The van der Waals surface area contributed by atoms with Crippen molar-refractivity contribution in [3.8, 4) is 0 Å². The van der Waals surface area contributed by atoms with Gasteiger partial charge in [0, 0.05) is 26.2 Å². The van der Waals surface area contributed by atoms with Gasteiger partial charge in [0.05, 0.1) is 11.3 Å². The van der Waals surface area contributed by atoms with Crippen LogP contribution in [-0.2, 0) is 17.5 Å². The number of fused-ring (bicyclic) bond motifs is 1. The number of hydrogen-bond acceptors (Lipinski definition) is 3. The number of carbonyl (C=O) groups excluding carboxylic acids is 2. The number of carbonyl (C=O) groups is 2. The molecule has 3 amide bonds. The summed E-state index contributed by atoms with van der Waals surface area (Å²) in [6.07, 6.45) is -4.71. The van der Waals surface area contributed by atoms with Crippen LogP contribution in [0.15, 0.2) is 48.5 Å². The zero-order chi connectivity index (χ0) is 20.8. The minimum absolute atomic E-state index is 0.233. The van der Waals surface area contributed by atoms with Crippen LogP contribution in [-0.4, -0.2) is 47.4 Å². The van der Waals surface area contributed by atoms with Gasteiger partial charge in [-0.05, 0) is 23.8 Å². The molecular weight excluding hydrogens is 390 g/mol. The molecule has 0 N–H and O–H groups in total. The van der Waals surface area contributed by atoms with E-state index < -0.39 is 41.2 Å². The molecule has 9 heteroatoms. The molecule has 2 aromatic carbocycles. The van der Waals surface area contributed by atoms with Gasteiger partial charge in [-0.2, -0.15) is 13.2 Å². The first-order valence-electron chi connectivity index (χ1n) is 9.03. The molecule has 1 atom stereocenters. The number of anilines is 1. The van der Waals surface area contributed by atoms with E-state index in [-0.39, 0.29) is 13.1 Å². The summed E-state index contributed by atoms with van der Waals surface area (Å²) in [4.78, 5) is 29.4. The lowest BCUT2D eigenvalue weighted by atomic mass is 10.1. The van der Waals surface area contributed by atoms with E-state index in [1.165, 1.54) is 4.90 Å². The number of hydrogen-bond donors (Lipinski definition) is 0. The maximum atomic E-state index is 14.3. The Morgan fingerprint density at radius 1 is 1.00 bits per heavy atom. The maximum absolute atomic E-state index is 14.3. The van der Waals surface area contributed by atoms with E-state index in [2.05, 4.69) is 0 Å². The van der Waals surface area contributed by atoms with E-state index in [1.807, 2.05) is 35.2 Å². The van der Waals surface area contributed by atoms with E-state index in [4.69, 9.17) is 0 Å². The largest absolute Gasteiger partial charge is 0.416 e. The van der Waals surface area contributed by atoms with Crippen LogP contribution in [0.5, 0.6) is 0 Å². The summed E-state index contributed by atoms with van der Waals surface area (Å²) >= 11 is 0. The lowest BCUT2D eigenvalue weighted by Gasteiger charge is -2.35. The number of halogens is 4. The van der Waals surface area contributed by atoms with Gasteiger partial charge in [0.2, 0.25) is 0 Å². The average Bonchev–Trinajstić information content (AvgIpc) is 2.92. The van der Waals surface area contributed by atoms with E-state index in [1.54, 1.807) is 0 Å². The summed E-state index contributed by atoms with van der Waals surface area (Å²) in [7, 11) is 0. The second-order valence-corrected chi connectivity index (χ2v) is 7.05. The van der Waals surface area contributed by atoms with E-state index >= 15 is 0 Å². The van der Waals surface area contributed by atoms with Crippen molar-refractivity contribution >= 4 is 17.6 Å². The summed E-state index contributed by atoms with van der Waals surface area (Å²) in [5, 5.41) is 0. The zero-order valence-electron chi connectivity index (χ0n) is 15.2. The van der Waals surface area contributed by atoms with Gasteiger partial charge in [-0.1, -0.05) is 30.3 Å². The fourth-order valence-electron chi connectivity index (χ4n) is 3.72. The third kappa shape index (κ3) is 3.57. The van der Waals surface area contributed by atoms with E-state index in [0.29, 0.717) is 36.2 Å². The number of alkyl halides is 3. The van der Waals surface area contributed by atoms with Crippen molar-refractivity contribution in [3.05, 3.63) is 65.5 Å². The van der Waals surface area contributed by atoms with Crippen LogP contribution < -0.4 is 4.90 Å². The molecule has 2 heterocycles. The van der Waals surface area contributed by atoms with Crippen molar-refractivity contribution < 1.29 is 27.2 Å². The Labute approximate surface area is 164 Å². The SMILES string of the molecule is O=C1C2CN(Cc3ccccc3)CCN2C(=O)N1c1cc(C(F)(F)F)ccc1F. The molecule has 4 rings (SSSR count). The highest BCUT2D eigenvalue weighted by Gasteiger charge is 2.49. The molecule has 0 spiro atoms. The maximum Gasteiger partial charge on any atom is 0.416 e. The highest BCUT2D eigenvalue weighted by molar-refractivity contribution is 6.21. The summed E-state index contributed by atoms with van der Waals surface area (Å²) in [5.74, 6) is -1.77. The van der Waals surface area contributed by atoms with Crippen molar-refractivity contribution in [1.29, 1.82) is 0 Å². The molecule has 0 aromatic heterocycles. The molecule has 0 saturated carbocycles. The van der Waals surface area contributed by atoms with Crippen LogP contribution in [0.3, 0.4) is 0 Å². The number of rotatable bonds is 3. The predicted molar refractivity (Wildman–Crippen MR) is 96.5 cm³/mol. The Hall–Kier alpha value is -2.94. The van der Waals surface area contributed by atoms with Crippen molar-refractivity contribution in [2.75, 3.05) is 24.5 Å². The van der Waals surface area contributed by atoms with Gasteiger partial charge in [0.1, 0.15) is 11.9 Å². The Morgan fingerprint density at radius 2 is 1.72 bits per heavy atom. The molecule has 0 aliphatic carbocycles. The highest BCUT2D eigenvalue weighted by Crippen LogP contribution is 2.35. The van der Waals surface area contributed by atoms with Gasteiger partial charge in [-0.15, -0.1) is 0 Å². The standard InChI is InChI=1S/C20H17F4N3O2/c21-15-7-6-14(20(22,23)24)10-16(15)27-18(28)17-12-25(8-9-26(17)19(27)29)11-13-4-2-1-3-5-13/h1-7,10,17H,8-9,11-12H2. The van der Waals surface area contributed by atoms with Gasteiger partial charge < -0.3 is 4.90 Å². The number of benzene rings is 2. The molecule has 2 aliphatic rings. The van der Waals surface area contributed by atoms with Gasteiger partial charge in [0.25, 0.3) is 5.91 Å². The number of nitrogens with zero attached hydrogens (tertiary/aromatic N) is 3. The lowest BCUT2D eigenvalue weighted by Crippen LogP contribution is -2.52. The first kappa shape index (κ1) is 19.4. The van der Waals surface area contributed by atoms with Crippen molar-refractivity contribution in [2.45, 2.75) is 18.8 Å². The Balaban J connectivity index is 1.58. The van der Waals surface area contributed by atoms with Crippen LogP contribution >= 0.6 is 0 Å². The molecule has 0 bridgehead atoms. The van der Waals surface area contributed by atoms with Gasteiger partial charge in [0.15, 0.2) is 0 Å². The molecule has 2 fully saturated rings. The minimum atomic E-state index is -4.71. The van der Waals surface area contributed by atoms with E-state index in [9.17, 15) is 27.2 Å². The van der Waals surface area contributed by atoms with Crippen LogP contribution in [0.1, 0.15) is 11.1 Å². The predicted octanol–water partition coefficient (Wildman–Crippen LogP) is 3.50. The van der Waals surface area contributed by atoms with Crippen molar-refractivity contribution in [1.82, 2.24) is 9.80 Å². The molecule has 2 aromatic rings. The first-order chi connectivity index (χ1) is 13.8. The highest BCUT2D eigenvalue weighted by atomic mass is 19.4. The number of amides is 3. The molecule has 29 heavy (non-hydrogen) atoms. The Kier molecular flexibility index (Phi) is 4.77. The Bertz CT molecular complexity index is 948. The lowest BCUT2D eigenvalue weighted by molar-refractivity contribution is -0.137. The topological polar surface area (TPSA) is 43.9 Å². The van der Waals surface area contributed by atoms with Crippen LogP contribution in [0.4, 0.5) is 28.0 Å². The van der Waals surface area contributed by atoms with Crippen LogP contribution in [0.25, 0.3) is 0 Å². The fourth-order valence-corrected chi connectivity index (χ4v) is 3.72. The normalized spacial score (nSPS) is 20.3. The van der Waals surface area contributed by atoms with Crippen molar-refractivity contribution in [2.24, 2.45) is 0 Å². The third-order valence-corrected chi connectivity index (χ3v) is 5.17. The number of urea groups is 1. The number of imide groups is 1. The molecule has 2 saturated heterocycles. The molecular formula is C20H17F4N3O2. The smallest absolute Gasteiger partial charge is 0.309 e. The monoisotopic (exact) mass is 407 g/mol. The van der Waals surface area contributed by atoms with Crippen molar-refractivity contribution in [3.63, 3.8) is 0 Å². The third-order valence-electron chi connectivity index (χ3n) is 5.17. The molecule has 0 radical (unpaired) electrons. The first-order valence-corrected chi connectivity index (χ1v) is 9.03. The second kappa shape index (κ2) is 7.14. The van der Waals surface area contributed by atoms with Gasteiger partial charge in [-0.3, -0.25) is 9.69 Å². The minimum Gasteiger partial charge on any atom is -0.309 e. The zero-order valence-corrected chi connectivity index (χ0v) is 15.2. The second-order valence-electron chi connectivity index (χ2n) is 7.05. The van der Waals surface area contributed by atoms with E-state index in [0.717, 1.165) is 5.56 Å². The summed E-state index contributed by atoms with van der Waals surface area (Å²) in [6, 6.07) is 9.63. The molecule has 5 nitrogen and oxygen atoms in total. The number of piperazine rings is 1. The average molecular weight is 407 g/mol. The fraction of sp³-hybridized carbons (Fsp3) is 0.300. The summed E-state index contributed by atoms with van der Waals surface area (Å²) in [6.45, 7) is 1.55. The molecule has 152 valence electrons. The van der Waals surface area contributed by atoms with Crippen LogP contribution in [0.2, 0.25) is 0 Å². The van der Waals surface area contributed by atoms with Crippen LogP contribution in [0, 0.1) is 5.82 Å². The van der Waals surface area contributed by atoms with Gasteiger partial charge >= 0.3 is 12.2 Å². The quantitative estimate of drug-likeness (QED) is 0.578. The molecule has 1 unspecified atom stereocenters. The Morgan fingerprint density at radius 3 is 2.41 bits per heavy atom. The van der Waals surface area contributed by atoms with Gasteiger partial charge in [-0.25, -0.2) is 14.1 Å².